The second-order valence-electron chi connectivity index (χ2n) is 2.96. The van der Waals surface area contributed by atoms with Crippen LogP contribution in [0.5, 0.6) is 0 Å². The molecular weight excluding hydrogens is 298 g/mol. The minimum absolute atomic E-state index is 0.0736. The van der Waals surface area contributed by atoms with Crippen LogP contribution in [0.2, 0.25) is 0 Å². The fraction of sp³-hybridized carbons (Fsp3) is 0.333. The van der Waals surface area contributed by atoms with Crippen LogP contribution in [0.3, 0.4) is 0 Å². The van der Waals surface area contributed by atoms with Crippen molar-refractivity contribution in [3.05, 3.63) is 22.3 Å². The number of carboxylic acid groups (broad SMARTS) is 1. The van der Waals surface area contributed by atoms with Gasteiger partial charge in [0.05, 0.1) is 18.3 Å². The van der Waals surface area contributed by atoms with E-state index in [0.29, 0.717) is 9.50 Å². The summed E-state index contributed by atoms with van der Waals surface area (Å²) in [7, 11) is 0. The Morgan fingerprint density at radius 3 is 2.88 bits per heavy atom. The summed E-state index contributed by atoms with van der Waals surface area (Å²) in [6, 6.07) is 1.45. The van der Waals surface area contributed by atoms with Crippen molar-refractivity contribution in [3.8, 4) is 0 Å². The first-order valence-corrected chi connectivity index (χ1v) is 6.13. The Morgan fingerprint density at radius 2 is 2.31 bits per heavy atom. The lowest BCUT2D eigenvalue weighted by atomic mass is 10.3. The van der Waals surface area contributed by atoms with Gasteiger partial charge in [-0.25, -0.2) is 9.78 Å². The molecule has 0 aliphatic carbocycles. The Kier molecular flexibility index (Phi) is 5.20. The molecule has 0 aliphatic rings. The van der Waals surface area contributed by atoms with Crippen molar-refractivity contribution < 1.29 is 20.1 Å². The van der Waals surface area contributed by atoms with Gasteiger partial charge >= 0.3 is 5.97 Å². The maximum atomic E-state index is 10.9. The van der Waals surface area contributed by atoms with E-state index in [1.54, 1.807) is 0 Å². The number of nitrogens with zero attached hydrogens (tertiary/aromatic N) is 1. The first-order chi connectivity index (χ1) is 7.54. The Morgan fingerprint density at radius 1 is 1.62 bits per heavy atom. The molecule has 0 bridgehead atoms. The highest BCUT2D eigenvalue weighted by atomic mass is 79.9. The molecule has 1 atom stereocenters. The molecule has 1 unspecified atom stereocenters. The van der Waals surface area contributed by atoms with Gasteiger partial charge in [0.15, 0.2) is 0 Å². The van der Waals surface area contributed by atoms with Gasteiger partial charge in [0.25, 0.3) is 0 Å². The average molecular weight is 308 g/mol. The molecule has 88 valence electrons. The quantitative estimate of drug-likeness (QED) is 0.703. The SMILES string of the molecule is O=C(O)c1cc(Br)cnc1SCC(O)CO. The van der Waals surface area contributed by atoms with Crippen LogP contribution in [0.25, 0.3) is 0 Å². The Labute approximate surface area is 105 Å². The molecule has 0 saturated carbocycles. The number of hydrogen-bond acceptors (Lipinski definition) is 5. The number of carboxylic acids is 1. The number of pyridine rings is 1. The molecule has 1 aromatic heterocycles. The normalized spacial score (nSPS) is 12.4. The van der Waals surface area contributed by atoms with Crippen molar-refractivity contribution in [1.82, 2.24) is 4.98 Å². The zero-order chi connectivity index (χ0) is 12.1. The van der Waals surface area contributed by atoms with E-state index >= 15 is 0 Å². The average Bonchev–Trinajstić information content (AvgIpc) is 2.26. The van der Waals surface area contributed by atoms with Crippen molar-refractivity contribution >= 4 is 33.7 Å². The Bertz CT molecular complexity index is 388. The summed E-state index contributed by atoms with van der Waals surface area (Å²) in [4.78, 5) is 14.9. The van der Waals surface area contributed by atoms with E-state index < -0.39 is 12.1 Å². The van der Waals surface area contributed by atoms with E-state index in [9.17, 15) is 4.79 Å². The summed E-state index contributed by atoms with van der Waals surface area (Å²) in [6.45, 7) is -0.355. The second kappa shape index (κ2) is 6.19. The van der Waals surface area contributed by atoms with E-state index in [4.69, 9.17) is 15.3 Å². The number of thioether (sulfide) groups is 1. The number of halogens is 1. The highest BCUT2D eigenvalue weighted by Gasteiger charge is 2.14. The lowest BCUT2D eigenvalue weighted by Crippen LogP contribution is -2.15. The molecule has 1 rings (SSSR count). The summed E-state index contributed by atoms with van der Waals surface area (Å²) in [5.41, 5.74) is 0.0736. The van der Waals surface area contributed by atoms with Gasteiger partial charge in [-0.05, 0) is 22.0 Å². The number of aliphatic hydroxyl groups is 2. The number of hydrogen-bond donors (Lipinski definition) is 3. The fourth-order valence-electron chi connectivity index (χ4n) is 0.923. The van der Waals surface area contributed by atoms with Gasteiger partial charge in [0, 0.05) is 16.4 Å². The monoisotopic (exact) mass is 307 g/mol. The van der Waals surface area contributed by atoms with Crippen molar-refractivity contribution in [1.29, 1.82) is 0 Å². The molecule has 0 fully saturated rings. The van der Waals surface area contributed by atoms with Crippen LogP contribution in [-0.4, -0.2) is 44.7 Å². The van der Waals surface area contributed by atoms with Crippen molar-refractivity contribution in [2.75, 3.05) is 12.4 Å². The highest BCUT2D eigenvalue weighted by molar-refractivity contribution is 9.10. The minimum atomic E-state index is -1.07. The van der Waals surface area contributed by atoms with Gasteiger partial charge in [-0.15, -0.1) is 11.8 Å². The van der Waals surface area contributed by atoms with E-state index in [2.05, 4.69) is 20.9 Å². The number of aliphatic hydroxyl groups excluding tert-OH is 2. The number of aromatic carboxylic acids is 1. The molecule has 5 nitrogen and oxygen atoms in total. The minimum Gasteiger partial charge on any atom is -0.478 e. The lowest BCUT2D eigenvalue weighted by Gasteiger charge is -2.08. The summed E-state index contributed by atoms with van der Waals surface area (Å²) in [5, 5.41) is 27.0. The molecule has 1 aromatic rings. The zero-order valence-electron chi connectivity index (χ0n) is 8.13. The molecule has 16 heavy (non-hydrogen) atoms. The van der Waals surface area contributed by atoms with Crippen LogP contribution in [0.15, 0.2) is 21.8 Å². The van der Waals surface area contributed by atoms with Gasteiger partial charge < -0.3 is 15.3 Å². The third-order valence-electron chi connectivity index (χ3n) is 1.67. The van der Waals surface area contributed by atoms with Crippen LogP contribution in [0.4, 0.5) is 0 Å². The number of aromatic nitrogens is 1. The Hall–Kier alpha value is -0.630. The van der Waals surface area contributed by atoms with Gasteiger partial charge in [0.2, 0.25) is 0 Å². The molecule has 0 aliphatic heterocycles. The fourth-order valence-corrected chi connectivity index (χ4v) is 2.14. The van der Waals surface area contributed by atoms with Crippen molar-refractivity contribution in [3.63, 3.8) is 0 Å². The largest absolute Gasteiger partial charge is 0.478 e. The predicted octanol–water partition coefficient (Wildman–Crippen LogP) is 0.988. The molecule has 0 radical (unpaired) electrons. The summed E-state index contributed by atoms with van der Waals surface area (Å²) in [6.07, 6.45) is 0.609. The maximum absolute atomic E-state index is 10.9. The molecule has 0 amide bonds. The number of carbonyl (C=O) groups is 1. The molecule has 0 aromatic carbocycles. The molecule has 1 heterocycles. The first kappa shape index (κ1) is 13.4. The zero-order valence-corrected chi connectivity index (χ0v) is 10.5. The van der Waals surface area contributed by atoms with Crippen LogP contribution in [-0.2, 0) is 0 Å². The van der Waals surface area contributed by atoms with Gasteiger partial charge in [-0.1, -0.05) is 0 Å². The molecule has 7 heteroatoms. The molecule has 0 saturated heterocycles. The van der Waals surface area contributed by atoms with Crippen LogP contribution in [0.1, 0.15) is 10.4 Å². The van der Waals surface area contributed by atoms with Crippen molar-refractivity contribution in [2.24, 2.45) is 0 Å². The van der Waals surface area contributed by atoms with E-state index in [0.717, 1.165) is 11.8 Å². The van der Waals surface area contributed by atoms with Crippen LogP contribution >= 0.6 is 27.7 Å². The van der Waals surface area contributed by atoms with E-state index in [1.807, 2.05) is 0 Å². The number of rotatable bonds is 5. The predicted molar refractivity (Wildman–Crippen MR) is 62.7 cm³/mol. The van der Waals surface area contributed by atoms with Gasteiger partial charge in [0.1, 0.15) is 5.03 Å². The van der Waals surface area contributed by atoms with Gasteiger partial charge in [-0.3, -0.25) is 0 Å². The molecule has 3 N–H and O–H groups in total. The van der Waals surface area contributed by atoms with Gasteiger partial charge in [-0.2, -0.15) is 0 Å². The second-order valence-corrected chi connectivity index (χ2v) is 4.88. The molecular formula is C9H10BrNO4S. The van der Waals surface area contributed by atoms with E-state index in [1.165, 1.54) is 12.3 Å². The van der Waals surface area contributed by atoms with Crippen molar-refractivity contribution in [2.45, 2.75) is 11.1 Å². The van der Waals surface area contributed by atoms with Crippen LogP contribution in [0, 0.1) is 0 Å². The Balaban J connectivity index is 2.82. The maximum Gasteiger partial charge on any atom is 0.338 e. The topological polar surface area (TPSA) is 90.7 Å². The van der Waals surface area contributed by atoms with E-state index in [-0.39, 0.29) is 17.9 Å². The summed E-state index contributed by atoms with van der Waals surface area (Å²) >= 11 is 4.23. The lowest BCUT2D eigenvalue weighted by molar-refractivity contribution is 0.0692. The van der Waals surface area contributed by atoms with Crippen LogP contribution < -0.4 is 0 Å². The summed E-state index contributed by atoms with van der Waals surface area (Å²) < 4.78 is 0.581. The highest BCUT2D eigenvalue weighted by Crippen LogP contribution is 2.23. The smallest absolute Gasteiger partial charge is 0.338 e. The first-order valence-electron chi connectivity index (χ1n) is 4.35. The molecule has 0 spiro atoms. The standard InChI is InChI=1S/C9H10BrNO4S/c10-5-1-7(9(14)15)8(11-2-5)16-4-6(13)3-12/h1-2,6,12-13H,3-4H2,(H,14,15). The third-order valence-corrected chi connectivity index (χ3v) is 3.26. The third kappa shape index (κ3) is 3.75. The summed E-state index contributed by atoms with van der Waals surface area (Å²) in [5.74, 6) is -0.874.